The summed E-state index contributed by atoms with van der Waals surface area (Å²) in [5, 5.41) is 10.8. The van der Waals surface area contributed by atoms with E-state index in [9.17, 15) is 4.79 Å². The number of rotatable bonds is 11. The van der Waals surface area contributed by atoms with Gasteiger partial charge >= 0.3 is 0 Å². The highest BCUT2D eigenvalue weighted by Gasteiger charge is 2.18. The predicted octanol–water partition coefficient (Wildman–Crippen LogP) is 3.62. The highest BCUT2D eigenvalue weighted by molar-refractivity contribution is 5.96. The van der Waals surface area contributed by atoms with Crippen LogP contribution in [0.25, 0.3) is 0 Å². The maximum Gasteiger partial charge on any atom is 0.281 e. The molecular formula is C26H28N6O5. The average Bonchev–Trinajstić information content (AvgIpc) is 3.37. The van der Waals surface area contributed by atoms with Crippen molar-refractivity contribution >= 4 is 17.8 Å². The van der Waals surface area contributed by atoms with Crippen LogP contribution in [0.3, 0.4) is 0 Å². The van der Waals surface area contributed by atoms with Gasteiger partial charge in [-0.1, -0.05) is 12.1 Å². The molecule has 0 unspecified atom stereocenters. The fourth-order valence-electron chi connectivity index (χ4n) is 3.60. The zero-order chi connectivity index (χ0) is 26.2. The number of benzene rings is 2. The zero-order valence-corrected chi connectivity index (χ0v) is 21.0. The van der Waals surface area contributed by atoms with Gasteiger partial charge in [-0.2, -0.15) is 9.67 Å². The van der Waals surface area contributed by atoms with Crippen molar-refractivity contribution in [1.29, 1.82) is 0 Å². The molecule has 2 N–H and O–H groups in total. The number of ether oxygens (including phenoxy) is 4. The molecule has 0 atom stereocenters. The SMILES string of the molecule is COc1ccc(CNc2nc(NCc3ccc(OC)c(OC)c3)n(C(=O)c3ccncc3)n2)cc1OC. The summed E-state index contributed by atoms with van der Waals surface area (Å²) < 4.78 is 22.6. The Morgan fingerprint density at radius 2 is 1.30 bits per heavy atom. The maximum absolute atomic E-state index is 13.2. The van der Waals surface area contributed by atoms with Gasteiger partial charge in [0.2, 0.25) is 11.9 Å². The molecule has 192 valence electrons. The summed E-state index contributed by atoms with van der Waals surface area (Å²) in [5.41, 5.74) is 2.26. The van der Waals surface area contributed by atoms with Crippen LogP contribution in [-0.4, -0.2) is 54.1 Å². The van der Waals surface area contributed by atoms with Crippen molar-refractivity contribution in [2.24, 2.45) is 0 Å². The van der Waals surface area contributed by atoms with E-state index in [1.54, 1.807) is 53.0 Å². The third kappa shape index (κ3) is 5.89. The highest BCUT2D eigenvalue weighted by atomic mass is 16.5. The fraction of sp³-hybridized carbons (Fsp3) is 0.231. The molecule has 2 aromatic carbocycles. The Balaban J connectivity index is 1.56. The zero-order valence-electron chi connectivity index (χ0n) is 21.0. The minimum Gasteiger partial charge on any atom is -0.493 e. The maximum atomic E-state index is 13.2. The van der Waals surface area contributed by atoms with Crippen molar-refractivity contribution < 1.29 is 23.7 Å². The molecule has 0 amide bonds. The van der Waals surface area contributed by atoms with E-state index in [0.29, 0.717) is 41.7 Å². The number of nitrogens with one attached hydrogen (secondary N) is 2. The molecule has 11 nitrogen and oxygen atoms in total. The Hall–Kier alpha value is -4.80. The van der Waals surface area contributed by atoms with Gasteiger partial charge in [0.15, 0.2) is 23.0 Å². The molecular weight excluding hydrogens is 476 g/mol. The summed E-state index contributed by atoms with van der Waals surface area (Å²) in [7, 11) is 6.33. The van der Waals surface area contributed by atoms with Crippen molar-refractivity contribution in [1.82, 2.24) is 19.7 Å². The molecule has 2 aromatic heterocycles. The van der Waals surface area contributed by atoms with Crippen LogP contribution in [0.1, 0.15) is 21.5 Å². The van der Waals surface area contributed by atoms with Crippen LogP contribution < -0.4 is 29.6 Å². The van der Waals surface area contributed by atoms with E-state index < -0.39 is 0 Å². The minimum absolute atomic E-state index is 0.284. The third-order valence-corrected chi connectivity index (χ3v) is 5.52. The minimum atomic E-state index is -0.344. The van der Waals surface area contributed by atoms with Gasteiger partial charge in [0.1, 0.15) is 0 Å². The number of anilines is 2. The summed E-state index contributed by atoms with van der Waals surface area (Å²) in [6, 6.07) is 14.4. The summed E-state index contributed by atoms with van der Waals surface area (Å²) in [5.74, 6) is 2.71. The number of carbonyl (C=O) groups is 1. The second kappa shape index (κ2) is 11.8. The van der Waals surface area contributed by atoms with Gasteiger partial charge in [-0.3, -0.25) is 9.78 Å². The number of carbonyl (C=O) groups excluding carboxylic acids is 1. The molecule has 0 saturated carbocycles. The molecule has 37 heavy (non-hydrogen) atoms. The number of hydrogen-bond donors (Lipinski definition) is 2. The number of nitrogens with zero attached hydrogens (tertiary/aromatic N) is 4. The summed E-state index contributed by atoms with van der Waals surface area (Å²) in [6.07, 6.45) is 3.11. The summed E-state index contributed by atoms with van der Waals surface area (Å²) in [6.45, 7) is 0.778. The van der Waals surface area contributed by atoms with E-state index in [-0.39, 0.29) is 17.8 Å². The van der Waals surface area contributed by atoms with Gasteiger partial charge in [0.25, 0.3) is 5.91 Å². The topological polar surface area (TPSA) is 122 Å². The second-order valence-electron chi connectivity index (χ2n) is 7.80. The number of aromatic nitrogens is 4. The molecule has 0 saturated heterocycles. The smallest absolute Gasteiger partial charge is 0.281 e. The molecule has 0 aliphatic carbocycles. The van der Waals surface area contributed by atoms with Crippen molar-refractivity contribution in [2.45, 2.75) is 13.1 Å². The van der Waals surface area contributed by atoms with Crippen LogP contribution in [0.15, 0.2) is 60.9 Å². The second-order valence-corrected chi connectivity index (χ2v) is 7.80. The van der Waals surface area contributed by atoms with Crippen molar-refractivity contribution in [2.75, 3.05) is 39.1 Å². The largest absolute Gasteiger partial charge is 0.493 e. The summed E-state index contributed by atoms with van der Waals surface area (Å²) >= 11 is 0. The first-order chi connectivity index (χ1) is 18.1. The predicted molar refractivity (Wildman–Crippen MR) is 138 cm³/mol. The standard InChI is InChI=1S/C26H28N6O5/c1-34-20-7-5-17(13-22(20)36-3)15-28-25-30-26(32(31-25)24(33)19-9-11-27-12-10-19)29-16-18-6-8-21(35-2)23(14-18)37-4/h5-14H,15-16H2,1-4H3,(H2,28,29,30,31). The van der Waals surface area contributed by atoms with E-state index in [1.165, 1.54) is 4.68 Å². The molecule has 0 spiro atoms. The Labute approximate surface area is 214 Å². The number of hydrogen-bond acceptors (Lipinski definition) is 10. The van der Waals surface area contributed by atoms with Gasteiger partial charge in [-0.15, -0.1) is 5.10 Å². The molecule has 0 bridgehead atoms. The van der Waals surface area contributed by atoms with Crippen LogP contribution in [-0.2, 0) is 13.1 Å². The molecule has 0 fully saturated rings. The van der Waals surface area contributed by atoms with Gasteiger partial charge in [0.05, 0.1) is 28.4 Å². The van der Waals surface area contributed by atoms with Crippen LogP contribution in [0.2, 0.25) is 0 Å². The van der Waals surface area contributed by atoms with Gasteiger partial charge in [-0.25, -0.2) is 0 Å². The van der Waals surface area contributed by atoms with Gasteiger partial charge in [0, 0.05) is 31.0 Å². The lowest BCUT2D eigenvalue weighted by Gasteiger charge is -2.11. The van der Waals surface area contributed by atoms with Gasteiger partial charge in [-0.05, 0) is 47.5 Å². The monoisotopic (exact) mass is 504 g/mol. The highest BCUT2D eigenvalue weighted by Crippen LogP contribution is 2.29. The molecule has 0 aliphatic heterocycles. The number of pyridine rings is 1. The first kappa shape index (κ1) is 25.3. The molecule has 11 heteroatoms. The van der Waals surface area contributed by atoms with Crippen LogP contribution in [0, 0.1) is 0 Å². The molecule has 4 aromatic rings. The molecule has 0 aliphatic rings. The van der Waals surface area contributed by atoms with Crippen molar-refractivity contribution in [3.8, 4) is 23.0 Å². The van der Waals surface area contributed by atoms with E-state index in [1.807, 2.05) is 36.4 Å². The Morgan fingerprint density at radius 3 is 1.84 bits per heavy atom. The van der Waals surface area contributed by atoms with Crippen molar-refractivity contribution in [3.05, 3.63) is 77.6 Å². The quantitative estimate of drug-likeness (QED) is 0.313. The van der Waals surface area contributed by atoms with E-state index in [2.05, 4.69) is 25.7 Å². The third-order valence-electron chi connectivity index (χ3n) is 5.52. The van der Waals surface area contributed by atoms with E-state index in [0.717, 1.165) is 11.1 Å². The lowest BCUT2D eigenvalue weighted by atomic mass is 10.2. The Morgan fingerprint density at radius 1 is 0.757 bits per heavy atom. The van der Waals surface area contributed by atoms with E-state index in [4.69, 9.17) is 18.9 Å². The number of methoxy groups -OCH3 is 4. The Bertz CT molecular complexity index is 1360. The lowest BCUT2D eigenvalue weighted by molar-refractivity contribution is 0.0947. The summed E-state index contributed by atoms with van der Waals surface area (Å²) in [4.78, 5) is 21.7. The fourth-order valence-corrected chi connectivity index (χ4v) is 3.60. The first-order valence-electron chi connectivity index (χ1n) is 11.4. The lowest BCUT2D eigenvalue weighted by Crippen LogP contribution is -2.17. The van der Waals surface area contributed by atoms with Crippen molar-refractivity contribution in [3.63, 3.8) is 0 Å². The van der Waals surface area contributed by atoms with Crippen LogP contribution in [0.4, 0.5) is 11.9 Å². The van der Waals surface area contributed by atoms with E-state index >= 15 is 0 Å². The molecule has 4 rings (SSSR count). The molecule has 0 radical (unpaired) electrons. The average molecular weight is 505 g/mol. The molecule has 2 heterocycles. The van der Waals surface area contributed by atoms with Crippen LogP contribution >= 0.6 is 0 Å². The van der Waals surface area contributed by atoms with Gasteiger partial charge < -0.3 is 29.6 Å². The van der Waals surface area contributed by atoms with Crippen LogP contribution in [0.5, 0.6) is 23.0 Å². The first-order valence-corrected chi connectivity index (χ1v) is 11.4. The normalized spacial score (nSPS) is 10.5. The Kier molecular flexibility index (Phi) is 8.04.